The number of hydrogen-bond donors (Lipinski definition) is 0. The van der Waals surface area contributed by atoms with Crippen LogP contribution in [0, 0.1) is 0 Å². The number of aryl methyl sites for hydroxylation is 2. The summed E-state index contributed by atoms with van der Waals surface area (Å²) in [5.74, 6) is 1.20. The summed E-state index contributed by atoms with van der Waals surface area (Å²) in [6.45, 7) is 1.43. The molecule has 2 heterocycles. The molecule has 2 aromatic carbocycles. The van der Waals surface area contributed by atoms with E-state index in [0.717, 1.165) is 37.2 Å². The Bertz CT molecular complexity index is 1030. The van der Waals surface area contributed by atoms with Crippen molar-refractivity contribution in [1.29, 1.82) is 0 Å². The molecule has 156 valence electrons. The first-order chi connectivity index (χ1) is 14.6. The van der Waals surface area contributed by atoms with Crippen LogP contribution in [0.4, 0.5) is 0 Å². The fourth-order valence-corrected chi connectivity index (χ4v) is 4.20. The number of aromatic nitrogens is 3. The average molecular weight is 405 g/mol. The molecule has 6 nitrogen and oxygen atoms in total. The molecule has 0 bridgehead atoms. The van der Waals surface area contributed by atoms with Gasteiger partial charge >= 0.3 is 5.69 Å². The van der Waals surface area contributed by atoms with Crippen molar-refractivity contribution in [3.63, 3.8) is 0 Å². The van der Waals surface area contributed by atoms with Gasteiger partial charge in [0.15, 0.2) is 0 Å². The molecule has 6 heteroatoms. The predicted octanol–water partition coefficient (Wildman–Crippen LogP) is 3.30. The summed E-state index contributed by atoms with van der Waals surface area (Å²) < 4.78 is 3.12. The second kappa shape index (κ2) is 9.11. The molecular formula is C24H28N4O2. The van der Waals surface area contributed by atoms with E-state index in [1.165, 1.54) is 10.2 Å². The van der Waals surface area contributed by atoms with E-state index in [1.54, 1.807) is 11.6 Å². The van der Waals surface area contributed by atoms with Gasteiger partial charge in [0.25, 0.3) is 0 Å². The Morgan fingerprint density at radius 1 is 1.00 bits per heavy atom. The number of para-hydroxylation sites is 1. The maximum absolute atomic E-state index is 12.6. The molecule has 0 spiro atoms. The van der Waals surface area contributed by atoms with Crippen LogP contribution in [0.2, 0.25) is 0 Å². The smallest absolute Gasteiger partial charge is 0.343 e. The molecule has 0 aliphatic carbocycles. The van der Waals surface area contributed by atoms with Crippen molar-refractivity contribution in [2.45, 2.75) is 38.0 Å². The number of carbonyl (C=O) groups excluding carboxylic acids is 1. The fraction of sp³-hybridized carbons (Fsp3) is 0.375. The van der Waals surface area contributed by atoms with Gasteiger partial charge < -0.3 is 4.90 Å². The lowest BCUT2D eigenvalue weighted by Gasteiger charge is -2.31. The highest BCUT2D eigenvalue weighted by Gasteiger charge is 2.28. The van der Waals surface area contributed by atoms with Crippen molar-refractivity contribution in [1.82, 2.24) is 19.2 Å². The van der Waals surface area contributed by atoms with Crippen molar-refractivity contribution in [2.24, 2.45) is 7.05 Å². The van der Waals surface area contributed by atoms with Crippen molar-refractivity contribution >= 4 is 5.91 Å². The normalized spacial score (nSPS) is 14.8. The highest BCUT2D eigenvalue weighted by molar-refractivity contribution is 5.76. The number of likely N-dealkylation sites (tertiary alicyclic amines) is 1. The van der Waals surface area contributed by atoms with Gasteiger partial charge in [-0.3, -0.25) is 4.79 Å². The highest BCUT2D eigenvalue weighted by atomic mass is 16.2. The number of amides is 1. The van der Waals surface area contributed by atoms with Gasteiger partial charge in [-0.25, -0.2) is 14.0 Å². The first kappa shape index (κ1) is 20.1. The summed E-state index contributed by atoms with van der Waals surface area (Å²) in [5.41, 5.74) is 1.98. The van der Waals surface area contributed by atoms with Gasteiger partial charge in [0, 0.05) is 32.5 Å². The van der Waals surface area contributed by atoms with E-state index in [9.17, 15) is 9.59 Å². The summed E-state index contributed by atoms with van der Waals surface area (Å²) in [6, 6.07) is 19.9. The van der Waals surface area contributed by atoms with Crippen LogP contribution in [0.3, 0.4) is 0 Å². The molecule has 1 aliphatic rings. The minimum atomic E-state index is -0.129. The van der Waals surface area contributed by atoms with Gasteiger partial charge in [0.05, 0.1) is 5.69 Å². The van der Waals surface area contributed by atoms with E-state index in [2.05, 4.69) is 17.2 Å². The van der Waals surface area contributed by atoms with Gasteiger partial charge in [0.2, 0.25) is 5.91 Å². The lowest BCUT2D eigenvalue weighted by molar-refractivity contribution is -0.132. The van der Waals surface area contributed by atoms with Crippen LogP contribution in [0.1, 0.15) is 43.0 Å². The largest absolute Gasteiger partial charge is 0.350 e. The third kappa shape index (κ3) is 4.37. The van der Waals surface area contributed by atoms with Crippen LogP contribution in [-0.2, 0) is 18.3 Å². The Morgan fingerprint density at radius 2 is 1.63 bits per heavy atom. The Balaban J connectivity index is 1.36. The molecule has 30 heavy (non-hydrogen) atoms. The molecule has 0 atom stereocenters. The van der Waals surface area contributed by atoms with E-state index in [1.807, 2.05) is 53.4 Å². The molecule has 1 saturated heterocycles. The summed E-state index contributed by atoms with van der Waals surface area (Å²) in [4.78, 5) is 27.2. The van der Waals surface area contributed by atoms with E-state index in [-0.39, 0.29) is 17.5 Å². The van der Waals surface area contributed by atoms with Crippen LogP contribution < -0.4 is 5.69 Å². The van der Waals surface area contributed by atoms with Crippen LogP contribution in [0.25, 0.3) is 5.69 Å². The molecule has 1 aliphatic heterocycles. The number of rotatable bonds is 6. The molecule has 1 aromatic heterocycles. The van der Waals surface area contributed by atoms with Crippen LogP contribution in [-0.4, -0.2) is 38.2 Å². The zero-order chi connectivity index (χ0) is 20.9. The van der Waals surface area contributed by atoms with Gasteiger partial charge in [-0.15, -0.1) is 0 Å². The third-order valence-corrected chi connectivity index (χ3v) is 5.88. The van der Waals surface area contributed by atoms with E-state index in [0.29, 0.717) is 19.5 Å². The maximum atomic E-state index is 12.6. The maximum Gasteiger partial charge on any atom is 0.350 e. The SMILES string of the molecule is Cn1nc(C2CCN(C(=O)CCCc3ccccc3)CC2)n(-c2ccccc2)c1=O. The number of carbonyl (C=O) groups is 1. The fourth-order valence-electron chi connectivity index (χ4n) is 4.20. The number of nitrogens with zero attached hydrogens (tertiary/aromatic N) is 4. The summed E-state index contributed by atoms with van der Waals surface area (Å²) in [6.07, 6.45) is 4.04. The van der Waals surface area contributed by atoms with Crippen molar-refractivity contribution in [3.8, 4) is 5.69 Å². The first-order valence-electron chi connectivity index (χ1n) is 10.7. The Kier molecular flexibility index (Phi) is 6.12. The molecule has 0 saturated carbocycles. The second-order valence-electron chi connectivity index (χ2n) is 7.93. The van der Waals surface area contributed by atoms with E-state index >= 15 is 0 Å². The minimum Gasteiger partial charge on any atom is -0.343 e. The van der Waals surface area contributed by atoms with Crippen molar-refractivity contribution in [3.05, 3.63) is 82.5 Å². The summed E-state index contributed by atoms with van der Waals surface area (Å²) in [5, 5.41) is 4.53. The Hall–Kier alpha value is -3.15. The van der Waals surface area contributed by atoms with E-state index in [4.69, 9.17) is 0 Å². The zero-order valence-electron chi connectivity index (χ0n) is 17.4. The molecule has 3 aromatic rings. The lowest BCUT2D eigenvalue weighted by atomic mass is 9.95. The standard InChI is InChI=1S/C24H28N4O2/c1-26-24(30)28(21-12-6-3-7-13-21)23(25-26)20-15-17-27(18-16-20)22(29)14-8-11-19-9-4-2-5-10-19/h2-7,9-10,12-13,20H,8,11,14-18H2,1H3. The summed E-state index contributed by atoms with van der Waals surface area (Å²) >= 11 is 0. The van der Waals surface area contributed by atoms with E-state index < -0.39 is 0 Å². The number of benzene rings is 2. The van der Waals surface area contributed by atoms with Crippen LogP contribution in [0.15, 0.2) is 65.5 Å². The quantitative estimate of drug-likeness (QED) is 0.633. The molecule has 1 amide bonds. The van der Waals surface area contributed by atoms with Crippen LogP contribution in [0.5, 0.6) is 0 Å². The molecular weight excluding hydrogens is 376 g/mol. The topological polar surface area (TPSA) is 60.1 Å². The third-order valence-electron chi connectivity index (χ3n) is 5.88. The van der Waals surface area contributed by atoms with Gasteiger partial charge in [0.1, 0.15) is 5.82 Å². The Morgan fingerprint density at radius 3 is 2.30 bits per heavy atom. The summed E-state index contributed by atoms with van der Waals surface area (Å²) in [7, 11) is 1.69. The number of piperidine rings is 1. The number of hydrogen-bond acceptors (Lipinski definition) is 3. The zero-order valence-corrected chi connectivity index (χ0v) is 17.4. The molecule has 0 radical (unpaired) electrons. The second-order valence-corrected chi connectivity index (χ2v) is 7.93. The van der Waals surface area contributed by atoms with Gasteiger partial charge in [-0.2, -0.15) is 5.10 Å². The monoisotopic (exact) mass is 404 g/mol. The van der Waals surface area contributed by atoms with Crippen molar-refractivity contribution < 1.29 is 4.79 Å². The highest BCUT2D eigenvalue weighted by Crippen LogP contribution is 2.28. The van der Waals surface area contributed by atoms with Gasteiger partial charge in [-0.1, -0.05) is 48.5 Å². The van der Waals surface area contributed by atoms with Crippen molar-refractivity contribution in [2.75, 3.05) is 13.1 Å². The predicted molar refractivity (Wildman–Crippen MR) is 117 cm³/mol. The minimum absolute atomic E-state index is 0.129. The molecule has 1 fully saturated rings. The molecule has 0 N–H and O–H groups in total. The first-order valence-corrected chi connectivity index (χ1v) is 10.7. The average Bonchev–Trinajstić information content (AvgIpc) is 3.09. The molecule has 0 unspecified atom stereocenters. The Labute approximate surface area is 176 Å². The van der Waals surface area contributed by atoms with Crippen LogP contribution >= 0.6 is 0 Å². The van der Waals surface area contributed by atoms with Gasteiger partial charge in [-0.05, 0) is 43.4 Å². The molecule has 4 rings (SSSR count). The lowest BCUT2D eigenvalue weighted by Crippen LogP contribution is -2.38.